The molecule has 0 unspecified atom stereocenters. The van der Waals surface area contributed by atoms with Crippen molar-refractivity contribution in [3.63, 3.8) is 0 Å². The second-order valence-corrected chi connectivity index (χ2v) is 4.65. The van der Waals surface area contributed by atoms with Crippen LogP contribution in [-0.2, 0) is 6.54 Å². The van der Waals surface area contributed by atoms with Gasteiger partial charge in [-0.1, -0.05) is 12.1 Å². The zero-order valence-corrected chi connectivity index (χ0v) is 11.3. The van der Waals surface area contributed by atoms with Crippen LogP contribution in [0.15, 0.2) is 18.2 Å². The fourth-order valence-corrected chi connectivity index (χ4v) is 1.80. The maximum absolute atomic E-state index is 10.8. The molecule has 1 N–H and O–H groups in total. The zero-order chi connectivity index (χ0) is 13.5. The van der Waals surface area contributed by atoms with Gasteiger partial charge in [0, 0.05) is 18.2 Å². The number of nitrogens with one attached hydrogen (secondary N) is 1. The van der Waals surface area contributed by atoms with Gasteiger partial charge in [-0.2, -0.15) is 0 Å². The Morgan fingerprint density at radius 1 is 1.39 bits per heavy atom. The SMILES string of the molecule is Cc1c(CNCCCN(C)C)cccc1[N+](=O)[O-]. The van der Waals surface area contributed by atoms with E-state index in [1.165, 1.54) is 0 Å². The Balaban J connectivity index is 2.48. The molecule has 5 heteroatoms. The molecule has 0 heterocycles. The molecule has 0 saturated carbocycles. The fourth-order valence-electron chi connectivity index (χ4n) is 1.80. The van der Waals surface area contributed by atoms with E-state index in [1.54, 1.807) is 19.1 Å². The van der Waals surface area contributed by atoms with Crippen LogP contribution in [0.1, 0.15) is 17.5 Å². The molecule has 1 aromatic carbocycles. The van der Waals surface area contributed by atoms with Gasteiger partial charge in [-0.05, 0) is 46.1 Å². The standard InChI is InChI=1S/C13H21N3O2/c1-11-12(6-4-7-13(11)16(17)18)10-14-8-5-9-15(2)3/h4,6-7,14H,5,8-10H2,1-3H3. The van der Waals surface area contributed by atoms with E-state index in [0.29, 0.717) is 6.54 Å². The van der Waals surface area contributed by atoms with E-state index in [9.17, 15) is 10.1 Å². The predicted molar refractivity (Wildman–Crippen MR) is 72.7 cm³/mol. The minimum absolute atomic E-state index is 0.197. The first-order valence-electron chi connectivity index (χ1n) is 6.10. The van der Waals surface area contributed by atoms with Crippen molar-refractivity contribution >= 4 is 5.69 Å². The Morgan fingerprint density at radius 3 is 2.72 bits per heavy atom. The first-order chi connectivity index (χ1) is 8.52. The molecular weight excluding hydrogens is 230 g/mol. The highest BCUT2D eigenvalue weighted by molar-refractivity contribution is 5.44. The summed E-state index contributed by atoms with van der Waals surface area (Å²) < 4.78 is 0. The summed E-state index contributed by atoms with van der Waals surface area (Å²) in [6.45, 7) is 4.44. The number of hydrogen-bond acceptors (Lipinski definition) is 4. The van der Waals surface area contributed by atoms with Gasteiger partial charge in [0.05, 0.1) is 4.92 Å². The first-order valence-corrected chi connectivity index (χ1v) is 6.10. The summed E-state index contributed by atoms with van der Waals surface area (Å²) in [5.41, 5.74) is 1.94. The third kappa shape index (κ3) is 4.43. The highest BCUT2D eigenvalue weighted by atomic mass is 16.6. The molecule has 0 aliphatic heterocycles. The third-order valence-electron chi connectivity index (χ3n) is 2.89. The number of nitrogens with zero attached hydrogens (tertiary/aromatic N) is 2. The summed E-state index contributed by atoms with van der Waals surface area (Å²) >= 11 is 0. The van der Waals surface area contributed by atoms with Gasteiger partial charge >= 0.3 is 0 Å². The molecule has 1 rings (SSSR count). The van der Waals surface area contributed by atoms with Crippen LogP contribution < -0.4 is 5.32 Å². The Labute approximate surface area is 108 Å². The monoisotopic (exact) mass is 251 g/mol. The number of rotatable bonds is 7. The molecule has 18 heavy (non-hydrogen) atoms. The number of hydrogen-bond donors (Lipinski definition) is 1. The highest BCUT2D eigenvalue weighted by Gasteiger charge is 2.12. The van der Waals surface area contributed by atoms with Crippen molar-refractivity contribution in [2.24, 2.45) is 0 Å². The molecule has 100 valence electrons. The average molecular weight is 251 g/mol. The lowest BCUT2D eigenvalue weighted by Crippen LogP contribution is -2.21. The molecule has 1 aromatic rings. The van der Waals surface area contributed by atoms with Crippen molar-refractivity contribution in [3.05, 3.63) is 39.4 Å². The van der Waals surface area contributed by atoms with E-state index >= 15 is 0 Å². The maximum Gasteiger partial charge on any atom is 0.272 e. The van der Waals surface area contributed by atoms with E-state index in [0.717, 1.165) is 30.6 Å². The van der Waals surface area contributed by atoms with E-state index < -0.39 is 0 Å². The first kappa shape index (κ1) is 14.6. The molecule has 0 spiro atoms. The van der Waals surface area contributed by atoms with Crippen LogP contribution in [0, 0.1) is 17.0 Å². The van der Waals surface area contributed by atoms with Gasteiger partial charge in [-0.15, -0.1) is 0 Å². The predicted octanol–water partition coefficient (Wildman–Crippen LogP) is 1.94. The van der Waals surface area contributed by atoms with Crippen LogP contribution in [0.2, 0.25) is 0 Å². The quantitative estimate of drug-likeness (QED) is 0.457. The normalized spacial score (nSPS) is 10.9. The zero-order valence-electron chi connectivity index (χ0n) is 11.3. The van der Waals surface area contributed by atoms with Crippen molar-refractivity contribution in [1.82, 2.24) is 10.2 Å². The summed E-state index contributed by atoms with van der Waals surface area (Å²) in [7, 11) is 4.09. The van der Waals surface area contributed by atoms with Crippen molar-refractivity contribution in [3.8, 4) is 0 Å². The van der Waals surface area contributed by atoms with Gasteiger partial charge in [0.15, 0.2) is 0 Å². The van der Waals surface area contributed by atoms with Crippen LogP contribution in [0.3, 0.4) is 0 Å². The number of nitro groups is 1. The van der Waals surface area contributed by atoms with Crippen LogP contribution in [0.5, 0.6) is 0 Å². The Bertz CT molecular complexity index is 405. The van der Waals surface area contributed by atoms with Crippen LogP contribution in [0.4, 0.5) is 5.69 Å². The molecule has 0 fully saturated rings. The summed E-state index contributed by atoms with van der Waals surface area (Å²) in [4.78, 5) is 12.6. The molecule has 5 nitrogen and oxygen atoms in total. The Hall–Kier alpha value is -1.46. The van der Waals surface area contributed by atoms with Crippen molar-refractivity contribution in [2.75, 3.05) is 27.2 Å². The van der Waals surface area contributed by atoms with Gasteiger partial charge < -0.3 is 10.2 Å². The maximum atomic E-state index is 10.8. The summed E-state index contributed by atoms with van der Waals surface area (Å²) in [5, 5.41) is 14.1. The molecular formula is C13H21N3O2. The van der Waals surface area contributed by atoms with Crippen molar-refractivity contribution in [1.29, 1.82) is 0 Å². The molecule has 0 radical (unpaired) electrons. The molecule has 0 aliphatic rings. The van der Waals surface area contributed by atoms with Crippen LogP contribution >= 0.6 is 0 Å². The fraction of sp³-hybridized carbons (Fsp3) is 0.538. The van der Waals surface area contributed by atoms with E-state index in [1.807, 2.05) is 20.2 Å². The van der Waals surface area contributed by atoms with Crippen molar-refractivity contribution < 1.29 is 4.92 Å². The Kier molecular flexibility index (Phi) is 5.74. The minimum atomic E-state index is -0.328. The molecule has 0 amide bonds. The van der Waals surface area contributed by atoms with Gasteiger partial charge in [0.1, 0.15) is 0 Å². The van der Waals surface area contributed by atoms with Crippen molar-refractivity contribution in [2.45, 2.75) is 19.9 Å². The molecule has 0 aliphatic carbocycles. The largest absolute Gasteiger partial charge is 0.313 e. The lowest BCUT2D eigenvalue weighted by atomic mass is 10.1. The van der Waals surface area contributed by atoms with E-state index in [4.69, 9.17) is 0 Å². The summed E-state index contributed by atoms with van der Waals surface area (Å²) in [6, 6.07) is 5.22. The topological polar surface area (TPSA) is 58.4 Å². The Morgan fingerprint density at radius 2 is 2.11 bits per heavy atom. The number of benzene rings is 1. The van der Waals surface area contributed by atoms with E-state index in [2.05, 4.69) is 10.2 Å². The lowest BCUT2D eigenvalue weighted by molar-refractivity contribution is -0.385. The molecule has 0 saturated heterocycles. The van der Waals surface area contributed by atoms with Crippen LogP contribution in [-0.4, -0.2) is 37.0 Å². The van der Waals surface area contributed by atoms with Gasteiger partial charge in [0.2, 0.25) is 0 Å². The van der Waals surface area contributed by atoms with Gasteiger partial charge in [-0.25, -0.2) is 0 Å². The molecule has 0 aromatic heterocycles. The van der Waals surface area contributed by atoms with Gasteiger partial charge in [-0.3, -0.25) is 10.1 Å². The van der Waals surface area contributed by atoms with Crippen LogP contribution in [0.25, 0.3) is 0 Å². The highest BCUT2D eigenvalue weighted by Crippen LogP contribution is 2.20. The lowest BCUT2D eigenvalue weighted by Gasteiger charge is -2.11. The molecule has 0 bridgehead atoms. The van der Waals surface area contributed by atoms with Gasteiger partial charge in [0.25, 0.3) is 5.69 Å². The van der Waals surface area contributed by atoms with E-state index in [-0.39, 0.29) is 10.6 Å². The second-order valence-electron chi connectivity index (χ2n) is 4.65. The number of nitro benzene ring substituents is 1. The summed E-state index contributed by atoms with van der Waals surface area (Å²) in [6.07, 6.45) is 1.07. The third-order valence-corrected chi connectivity index (χ3v) is 2.89. The second kappa shape index (κ2) is 7.08. The smallest absolute Gasteiger partial charge is 0.272 e. The minimum Gasteiger partial charge on any atom is -0.313 e. The molecule has 0 atom stereocenters. The summed E-state index contributed by atoms with van der Waals surface area (Å²) in [5.74, 6) is 0. The average Bonchev–Trinajstić information content (AvgIpc) is 2.30.